The van der Waals surface area contributed by atoms with E-state index < -0.39 is 0 Å². The normalized spacial score (nSPS) is 10.8. The van der Waals surface area contributed by atoms with E-state index in [1.165, 1.54) is 11.1 Å². The topological polar surface area (TPSA) is 17.1 Å². The van der Waals surface area contributed by atoms with E-state index in [9.17, 15) is 4.79 Å². The van der Waals surface area contributed by atoms with Crippen LogP contribution < -0.4 is 0 Å². The minimum Gasteiger partial charge on any atom is -0.289 e. The average Bonchev–Trinajstić information content (AvgIpc) is 2.45. The summed E-state index contributed by atoms with van der Waals surface area (Å²) in [5.74, 6) is 0.0769. The summed E-state index contributed by atoms with van der Waals surface area (Å²) in [6.45, 7) is 2.02. The number of allylic oxidation sites excluding steroid dienone is 2. The van der Waals surface area contributed by atoms with Gasteiger partial charge in [-0.05, 0) is 31.4 Å². The van der Waals surface area contributed by atoms with E-state index in [2.05, 4.69) is 12.1 Å². The van der Waals surface area contributed by atoms with Gasteiger partial charge in [-0.1, -0.05) is 66.2 Å². The molecule has 0 heterocycles. The molecule has 0 spiro atoms. The lowest BCUT2D eigenvalue weighted by molar-refractivity contribution is 0.104. The van der Waals surface area contributed by atoms with Crippen molar-refractivity contribution in [3.63, 3.8) is 0 Å². The summed E-state index contributed by atoms with van der Waals surface area (Å²) in [6, 6.07) is 18.0. The Bertz CT molecular complexity index is 550. The standard InChI is InChI=1S/C18H18O/c1-15-11-13-17(14-12-15)18(19)10-6-5-9-16-7-3-2-4-8-16/h2-4,6-8,10-14H,5,9H2,1H3/b10-6-. The summed E-state index contributed by atoms with van der Waals surface area (Å²) in [4.78, 5) is 11.9. The van der Waals surface area contributed by atoms with Crippen molar-refractivity contribution in [3.05, 3.63) is 83.4 Å². The van der Waals surface area contributed by atoms with Gasteiger partial charge in [0.05, 0.1) is 0 Å². The second-order valence-electron chi connectivity index (χ2n) is 4.66. The van der Waals surface area contributed by atoms with E-state index in [0.29, 0.717) is 0 Å². The van der Waals surface area contributed by atoms with Crippen molar-refractivity contribution < 1.29 is 4.79 Å². The number of hydrogen-bond donors (Lipinski definition) is 0. The molecule has 1 heteroatoms. The van der Waals surface area contributed by atoms with E-state index in [-0.39, 0.29) is 5.78 Å². The monoisotopic (exact) mass is 250 g/mol. The number of benzene rings is 2. The molecule has 0 aliphatic carbocycles. The molecule has 0 saturated carbocycles. The van der Waals surface area contributed by atoms with Crippen LogP contribution in [0.3, 0.4) is 0 Å². The van der Waals surface area contributed by atoms with E-state index in [0.717, 1.165) is 18.4 Å². The third-order valence-corrected chi connectivity index (χ3v) is 3.05. The van der Waals surface area contributed by atoms with Crippen LogP contribution in [0.5, 0.6) is 0 Å². The van der Waals surface area contributed by atoms with Crippen LogP contribution in [-0.4, -0.2) is 5.78 Å². The highest BCUT2D eigenvalue weighted by Crippen LogP contribution is 2.06. The number of aryl methyl sites for hydroxylation is 2. The lowest BCUT2D eigenvalue weighted by Crippen LogP contribution is -1.94. The Morgan fingerprint density at radius 3 is 2.37 bits per heavy atom. The second kappa shape index (κ2) is 6.69. The zero-order chi connectivity index (χ0) is 13.5. The zero-order valence-electron chi connectivity index (χ0n) is 11.2. The number of ketones is 1. The lowest BCUT2D eigenvalue weighted by atomic mass is 10.1. The molecule has 0 aliphatic rings. The van der Waals surface area contributed by atoms with Crippen molar-refractivity contribution >= 4 is 5.78 Å². The van der Waals surface area contributed by atoms with Gasteiger partial charge in [0.2, 0.25) is 0 Å². The minimum absolute atomic E-state index is 0.0769. The highest BCUT2D eigenvalue weighted by molar-refractivity contribution is 6.04. The van der Waals surface area contributed by atoms with Crippen LogP contribution in [0.25, 0.3) is 0 Å². The van der Waals surface area contributed by atoms with Crippen LogP contribution >= 0.6 is 0 Å². The van der Waals surface area contributed by atoms with Crippen molar-refractivity contribution in [2.45, 2.75) is 19.8 Å². The maximum absolute atomic E-state index is 11.9. The molecule has 0 saturated heterocycles. The summed E-state index contributed by atoms with van der Waals surface area (Å²) in [6.07, 6.45) is 5.49. The first-order chi connectivity index (χ1) is 9.25. The molecule has 0 aliphatic heterocycles. The molecular formula is C18H18O. The number of rotatable bonds is 5. The second-order valence-corrected chi connectivity index (χ2v) is 4.66. The van der Waals surface area contributed by atoms with E-state index in [1.54, 1.807) is 6.08 Å². The van der Waals surface area contributed by atoms with Crippen molar-refractivity contribution in [3.8, 4) is 0 Å². The fourth-order valence-electron chi connectivity index (χ4n) is 1.90. The Morgan fingerprint density at radius 1 is 1.00 bits per heavy atom. The van der Waals surface area contributed by atoms with E-state index in [4.69, 9.17) is 0 Å². The maximum Gasteiger partial charge on any atom is 0.185 e. The van der Waals surface area contributed by atoms with E-state index >= 15 is 0 Å². The first kappa shape index (κ1) is 13.3. The summed E-state index contributed by atoms with van der Waals surface area (Å²) >= 11 is 0. The Labute approximate surface area is 114 Å². The van der Waals surface area contributed by atoms with E-state index in [1.807, 2.05) is 55.5 Å². The molecule has 0 radical (unpaired) electrons. The van der Waals surface area contributed by atoms with Crippen LogP contribution in [0.4, 0.5) is 0 Å². The molecule has 19 heavy (non-hydrogen) atoms. The van der Waals surface area contributed by atoms with Crippen LogP contribution in [0.2, 0.25) is 0 Å². The third kappa shape index (κ3) is 4.22. The fraction of sp³-hybridized carbons (Fsp3) is 0.167. The van der Waals surface area contributed by atoms with Crippen molar-refractivity contribution in [1.29, 1.82) is 0 Å². The molecular weight excluding hydrogens is 232 g/mol. The maximum atomic E-state index is 11.9. The number of carbonyl (C=O) groups is 1. The first-order valence-corrected chi connectivity index (χ1v) is 6.57. The van der Waals surface area contributed by atoms with Gasteiger partial charge in [0.15, 0.2) is 5.78 Å². The number of hydrogen-bond acceptors (Lipinski definition) is 1. The largest absolute Gasteiger partial charge is 0.289 e. The molecule has 0 bridgehead atoms. The van der Waals surface area contributed by atoms with Gasteiger partial charge in [-0.15, -0.1) is 0 Å². The van der Waals surface area contributed by atoms with Gasteiger partial charge in [-0.2, -0.15) is 0 Å². The van der Waals surface area contributed by atoms with Gasteiger partial charge < -0.3 is 0 Å². The lowest BCUT2D eigenvalue weighted by Gasteiger charge is -1.98. The molecule has 2 aromatic carbocycles. The molecule has 0 fully saturated rings. The molecule has 2 aromatic rings. The Balaban J connectivity index is 1.85. The van der Waals surface area contributed by atoms with Crippen LogP contribution in [0, 0.1) is 6.92 Å². The fourth-order valence-corrected chi connectivity index (χ4v) is 1.90. The molecule has 0 amide bonds. The zero-order valence-corrected chi connectivity index (χ0v) is 11.2. The van der Waals surface area contributed by atoms with Crippen molar-refractivity contribution in [2.75, 3.05) is 0 Å². The highest BCUT2D eigenvalue weighted by Gasteiger charge is 1.99. The summed E-state index contributed by atoms with van der Waals surface area (Å²) in [5, 5.41) is 0. The predicted molar refractivity (Wildman–Crippen MR) is 79.4 cm³/mol. The van der Waals surface area contributed by atoms with Gasteiger partial charge in [-0.25, -0.2) is 0 Å². The number of carbonyl (C=O) groups excluding carboxylic acids is 1. The van der Waals surface area contributed by atoms with Crippen LogP contribution in [-0.2, 0) is 6.42 Å². The Kier molecular flexibility index (Phi) is 4.68. The minimum atomic E-state index is 0.0769. The Morgan fingerprint density at radius 2 is 1.68 bits per heavy atom. The highest BCUT2D eigenvalue weighted by atomic mass is 16.1. The van der Waals surface area contributed by atoms with Gasteiger partial charge in [-0.3, -0.25) is 4.79 Å². The van der Waals surface area contributed by atoms with Gasteiger partial charge in [0, 0.05) is 5.56 Å². The van der Waals surface area contributed by atoms with Gasteiger partial charge in [0.1, 0.15) is 0 Å². The average molecular weight is 250 g/mol. The van der Waals surface area contributed by atoms with Gasteiger partial charge in [0.25, 0.3) is 0 Å². The molecule has 1 nitrogen and oxygen atoms in total. The first-order valence-electron chi connectivity index (χ1n) is 6.57. The van der Waals surface area contributed by atoms with Crippen molar-refractivity contribution in [1.82, 2.24) is 0 Å². The van der Waals surface area contributed by atoms with Gasteiger partial charge >= 0.3 is 0 Å². The smallest absolute Gasteiger partial charge is 0.185 e. The molecule has 2 rings (SSSR count). The molecule has 0 N–H and O–H groups in total. The summed E-state index contributed by atoms with van der Waals surface area (Å²) in [5.41, 5.74) is 3.22. The van der Waals surface area contributed by atoms with Crippen molar-refractivity contribution in [2.24, 2.45) is 0 Å². The Hall–Kier alpha value is -2.15. The quantitative estimate of drug-likeness (QED) is 0.569. The summed E-state index contributed by atoms with van der Waals surface area (Å²) in [7, 11) is 0. The van der Waals surface area contributed by atoms with Crippen LogP contribution in [0.15, 0.2) is 66.7 Å². The molecule has 96 valence electrons. The van der Waals surface area contributed by atoms with Crippen LogP contribution in [0.1, 0.15) is 27.9 Å². The SMILES string of the molecule is Cc1ccc(C(=O)/C=C\CCc2ccccc2)cc1. The summed E-state index contributed by atoms with van der Waals surface area (Å²) < 4.78 is 0. The third-order valence-electron chi connectivity index (χ3n) is 3.05. The molecule has 0 atom stereocenters. The predicted octanol–water partition coefficient (Wildman–Crippen LogP) is 4.37. The molecule has 0 aromatic heterocycles. The molecule has 0 unspecified atom stereocenters.